The minimum Gasteiger partial charge on any atom is -0.460 e. The van der Waals surface area contributed by atoms with Crippen molar-refractivity contribution in [2.24, 2.45) is 28.6 Å². The third-order valence-corrected chi connectivity index (χ3v) is 10.8. The van der Waals surface area contributed by atoms with Crippen molar-refractivity contribution in [2.75, 3.05) is 0 Å². The topological polar surface area (TPSA) is 145 Å². The third kappa shape index (κ3) is 4.50. The Balaban J connectivity index is 1.64. The van der Waals surface area contributed by atoms with Gasteiger partial charge in [-0.2, -0.15) is 0 Å². The van der Waals surface area contributed by atoms with Gasteiger partial charge in [-0.15, -0.1) is 0 Å². The summed E-state index contributed by atoms with van der Waals surface area (Å²) in [5.41, 5.74) is -4.42. The molecule has 0 amide bonds. The van der Waals surface area contributed by atoms with Crippen LogP contribution in [0.3, 0.4) is 0 Å². The van der Waals surface area contributed by atoms with Gasteiger partial charge in [-0.25, -0.2) is 0 Å². The molecule has 0 aliphatic heterocycles. The molecule has 0 saturated heterocycles. The Kier molecular flexibility index (Phi) is 7.07. The van der Waals surface area contributed by atoms with Crippen LogP contribution in [0.2, 0.25) is 0 Å². The fourth-order valence-corrected chi connectivity index (χ4v) is 8.65. The number of aliphatic hydroxyl groups is 5. The Bertz CT molecular complexity index is 965. The van der Waals surface area contributed by atoms with E-state index in [0.717, 1.165) is 0 Å². The largest absolute Gasteiger partial charge is 0.460 e. The fraction of sp³-hybridized carbons (Fsp3) is 0.862. The second kappa shape index (κ2) is 9.12. The van der Waals surface area contributed by atoms with Gasteiger partial charge in [0.2, 0.25) is 0 Å². The molecule has 5 N–H and O–H groups in total. The molecule has 0 aromatic rings. The highest BCUT2D eigenvalue weighted by atomic mass is 16.6. The first-order chi connectivity index (χ1) is 16.9. The summed E-state index contributed by atoms with van der Waals surface area (Å²) in [6.07, 6.45) is 2.19. The average Bonchev–Trinajstić information content (AvgIpc) is 3.05. The molecule has 4 aliphatic carbocycles. The summed E-state index contributed by atoms with van der Waals surface area (Å²) in [4.78, 5) is 25.0. The number of allylic oxidation sites excluding steroid dienone is 1. The van der Waals surface area contributed by atoms with Crippen LogP contribution in [0.5, 0.6) is 0 Å². The molecule has 4 aliphatic rings. The van der Waals surface area contributed by atoms with Crippen LogP contribution in [-0.4, -0.2) is 72.4 Å². The van der Waals surface area contributed by atoms with Crippen LogP contribution in [-0.2, 0) is 14.3 Å². The first-order valence-electron chi connectivity index (χ1n) is 13.8. The SMILES string of the molecule is CC(=O)OC1CC2C(=O)C=C3C(CCC4(C)C(C(C)(O)C(O)CCC(C)(C)O)CCC34O)C2(C)CC1O. The molecule has 3 saturated carbocycles. The average molecular weight is 523 g/mol. The summed E-state index contributed by atoms with van der Waals surface area (Å²) in [5.74, 6) is -1.54. The Morgan fingerprint density at radius 3 is 2.41 bits per heavy atom. The third-order valence-electron chi connectivity index (χ3n) is 10.8. The van der Waals surface area contributed by atoms with Gasteiger partial charge in [-0.1, -0.05) is 13.8 Å². The predicted molar refractivity (Wildman–Crippen MR) is 136 cm³/mol. The monoisotopic (exact) mass is 522 g/mol. The summed E-state index contributed by atoms with van der Waals surface area (Å²) in [6.45, 7) is 10.2. The van der Waals surface area contributed by atoms with Crippen LogP contribution in [0.1, 0.15) is 92.9 Å². The van der Waals surface area contributed by atoms with E-state index in [1.54, 1.807) is 26.8 Å². The summed E-state index contributed by atoms with van der Waals surface area (Å²) < 4.78 is 5.32. The van der Waals surface area contributed by atoms with Crippen molar-refractivity contribution < 1.29 is 39.9 Å². The van der Waals surface area contributed by atoms with E-state index in [4.69, 9.17) is 4.74 Å². The van der Waals surface area contributed by atoms with Crippen molar-refractivity contribution in [1.29, 1.82) is 0 Å². The Morgan fingerprint density at radius 2 is 1.81 bits per heavy atom. The standard InChI is InChI=1S/C29H46O8/c1-16(30)37-22-14-19-20(31)13-18-17(26(19,4)15-21(22)32)7-11-27(5)23(8-12-29(18,27)36)28(6,35)24(33)9-10-25(2,3)34/h13,17,19,21-24,32-36H,7-12,14-15H2,1-6H3. The molecule has 10 atom stereocenters. The zero-order valence-corrected chi connectivity index (χ0v) is 23.2. The van der Waals surface area contributed by atoms with Crippen LogP contribution < -0.4 is 0 Å². The highest BCUT2D eigenvalue weighted by Gasteiger charge is 2.69. The van der Waals surface area contributed by atoms with Gasteiger partial charge in [0, 0.05) is 18.3 Å². The summed E-state index contributed by atoms with van der Waals surface area (Å²) in [6, 6.07) is 0. The number of carbonyl (C=O) groups is 2. The lowest BCUT2D eigenvalue weighted by Gasteiger charge is -2.60. The summed E-state index contributed by atoms with van der Waals surface area (Å²) in [5, 5.41) is 55.9. The van der Waals surface area contributed by atoms with Crippen LogP contribution >= 0.6 is 0 Å². The number of hydrogen-bond donors (Lipinski definition) is 5. The van der Waals surface area contributed by atoms with Crippen LogP contribution in [0.4, 0.5) is 0 Å². The molecule has 0 aromatic carbocycles. The Morgan fingerprint density at radius 1 is 1.16 bits per heavy atom. The first kappa shape index (κ1) is 28.7. The quantitative estimate of drug-likeness (QED) is 0.335. The van der Waals surface area contributed by atoms with E-state index in [9.17, 15) is 35.1 Å². The number of aliphatic hydroxyl groups excluding tert-OH is 2. The van der Waals surface area contributed by atoms with Gasteiger partial charge in [-0.3, -0.25) is 9.59 Å². The maximum Gasteiger partial charge on any atom is 0.302 e. The van der Waals surface area contributed by atoms with Gasteiger partial charge >= 0.3 is 5.97 Å². The molecule has 37 heavy (non-hydrogen) atoms. The second-order valence-corrected chi connectivity index (χ2v) is 13.8. The van der Waals surface area contributed by atoms with Gasteiger partial charge in [0.25, 0.3) is 0 Å². The molecule has 3 fully saturated rings. The molecule has 0 aromatic heterocycles. The lowest BCUT2D eigenvalue weighted by Crippen LogP contribution is -2.63. The van der Waals surface area contributed by atoms with Crippen LogP contribution in [0.25, 0.3) is 0 Å². The van der Waals surface area contributed by atoms with Gasteiger partial charge in [0.05, 0.1) is 29.0 Å². The van der Waals surface area contributed by atoms with Gasteiger partial charge in [0.1, 0.15) is 6.10 Å². The van der Waals surface area contributed by atoms with E-state index in [0.29, 0.717) is 44.1 Å². The van der Waals surface area contributed by atoms with Gasteiger partial charge < -0.3 is 30.3 Å². The number of ether oxygens (including phenoxy) is 1. The highest BCUT2D eigenvalue weighted by Crippen LogP contribution is 2.68. The fourth-order valence-electron chi connectivity index (χ4n) is 8.65. The Hall–Kier alpha value is -1.32. The minimum absolute atomic E-state index is 0.115. The second-order valence-electron chi connectivity index (χ2n) is 13.8. The zero-order chi connectivity index (χ0) is 27.8. The molecule has 8 nitrogen and oxygen atoms in total. The molecular weight excluding hydrogens is 476 g/mol. The maximum absolute atomic E-state index is 13.5. The number of ketones is 1. The molecule has 0 bridgehead atoms. The lowest BCUT2D eigenvalue weighted by molar-refractivity contribution is -0.182. The van der Waals surface area contributed by atoms with Gasteiger partial charge in [0.15, 0.2) is 5.78 Å². The first-order valence-corrected chi connectivity index (χ1v) is 13.8. The van der Waals surface area contributed by atoms with Crippen molar-refractivity contribution in [3.05, 3.63) is 11.6 Å². The van der Waals surface area contributed by atoms with Crippen molar-refractivity contribution >= 4 is 11.8 Å². The number of esters is 1. The molecule has 0 spiro atoms. The van der Waals surface area contributed by atoms with Crippen molar-refractivity contribution in [1.82, 2.24) is 0 Å². The van der Waals surface area contributed by atoms with E-state index in [-0.39, 0.29) is 24.5 Å². The molecular formula is C29H46O8. The maximum atomic E-state index is 13.5. The number of rotatable bonds is 6. The molecule has 0 radical (unpaired) electrons. The van der Waals surface area contributed by atoms with E-state index < -0.39 is 63.8 Å². The van der Waals surface area contributed by atoms with E-state index in [1.165, 1.54) is 6.92 Å². The predicted octanol–water partition coefficient (Wildman–Crippen LogP) is 2.42. The molecule has 0 heterocycles. The van der Waals surface area contributed by atoms with Gasteiger partial charge in [-0.05, 0) is 101 Å². The minimum atomic E-state index is -1.48. The van der Waals surface area contributed by atoms with Crippen LogP contribution in [0.15, 0.2) is 11.6 Å². The van der Waals surface area contributed by atoms with E-state index in [1.807, 2.05) is 13.8 Å². The Labute approximate surface area is 220 Å². The number of fused-ring (bicyclic) bond motifs is 5. The highest BCUT2D eigenvalue weighted by molar-refractivity contribution is 5.95. The number of hydrogen-bond acceptors (Lipinski definition) is 8. The molecule has 210 valence electrons. The van der Waals surface area contributed by atoms with Crippen LogP contribution in [0, 0.1) is 28.6 Å². The number of carbonyl (C=O) groups excluding carboxylic acids is 2. The summed E-state index contributed by atoms with van der Waals surface area (Å²) in [7, 11) is 0. The van der Waals surface area contributed by atoms with Crippen molar-refractivity contribution in [3.8, 4) is 0 Å². The normalized spacial score (nSPS) is 44.1. The lowest BCUT2D eigenvalue weighted by atomic mass is 9.45. The van der Waals surface area contributed by atoms with E-state index >= 15 is 0 Å². The zero-order valence-electron chi connectivity index (χ0n) is 23.2. The smallest absolute Gasteiger partial charge is 0.302 e. The van der Waals surface area contributed by atoms with E-state index in [2.05, 4.69) is 0 Å². The van der Waals surface area contributed by atoms with Crippen molar-refractivity contribution in [3.63, 3.8) is 0 Å². The summed E-state index contributed by atoms with van der Waals surface area (Å²) >= 11 is 0. The molecule has 4 rings (SSSR count). The van der Waals surface area contributed by atoms with Crippen molar-refractivity contribution in [2.45, 2.75) is 128 Å². The molecule has 8 heteroatoms. The molecule has 10 unspecified atom stereocenters.